The van der Waals surface area contributed by atoms with Crippen molar-refractivity contribution in [2.45, 2.75) is 24.0 Å². The molecule has 0 bridgehead atoms. The summed E-state index contributed by atoms with van der Waals surface area (Å²) in [4.78, 5) is 2.45. The highest BCUT2D eigenvalue weighted by Crippen LogP contribution is 2.26. The molecule has 0 aliphatic carbocycles. The molecule has 122 valence electrons. The number of aliphatic hydroxyl groups excluding tert-OH is 1. The Morgan fingerprint density at radius 1 is 1.18 bits per heavy atom. The first-order valence-corrected chi connectivity index (χ1v) is 9.00. The third-order valence-electron chi connectivity index (χ3n) is 4.45. The molecule has 1 aromatic carbocycles. The molecule has 6 nitrogen and oxygen atoms in total. The highest BCUT2D eigenvalue weighted by Gasteiger charge is 2.41. The first kappa shape index (κ1) is 15.9. The molecule has 1 aromatic rings. The van der Waals surface area contributed by atoms with Crippen LogP contribution in [-0.4, -0.2) is 74.3 Å². The van der Waals surface area contributed by atoms with Crippen molar-refractivity contribution in [3.05, 3.63) is 29.8 Å². The van der Waals surface area contributed by atoms with E-state index in [1.165, 1.54) is 4.31 Å². The second-order valence-electron chi connectivity index (χ2n) is 5.87. The topological polar surface area (TPSA) is 70.1 Å². The van der Waals surface area contributed by atoms with Gasteiger partial charge in [-0.25, -0.2) is 8.42 Å². The van der Waals surface area contributed by atoms with Crippen molar-refractivity contribution in [1.82, 2.24) is 9.21 Å². The van der Waals surface area contributed by atoms with Gasteiger partial charge < -0.3 is 9.84 Å². The molecule has 1 N–H and O–H groups in total. The number of rotatable bonds is 3. The van der Waals surface area contributed by atoms with Crippen LogP contribution in [0, 0.1) is 6.92 Å². The molecule has 0 unspecified atom stereocenters. The van der Waals surface area contributed by atoms with E-state index in [2.05, 4.69) is 4.90 Å². The van der Waals surface area contributed by atoms with Crippen molar-refractivity contribution in [1.29, 1.82) is 0 Å². The molecule has 0 aromatic heterocycles. The molecule has 0 spiro atoms. The Kier molecular flexibility index (Phi) is 4.52. The number of nitrogens with zero attached hydrogens (tertiary/aromatic N) is 2. The van der Waals surface area contributed by atoms with Crippen LogP contribution in [0.25, 0.3) is 0 Å². The van der Waals surface area contributed by atoms with Crippen LogP contribution >= 0.6 is 0 Å². The average Bonchev–Trinajstić information content (AvgIpc) is 2.91. The molecule has 2 aliphatic heterocycles. The maximum absolute atomic E-state index is 12.8. The second-order valence-corrected chi connectivity index (χ2v) is 7.78. The Balaban J connectivity index is 1.80. The molecular formula is C15H22N2O4S. The van der Waals surface area contributed by atoms with E-state index in [0.29, 0.717) is 24.7 Å². The van der Waals surface area contributed by atoms with E-state index in [4.69, 9.17) is 4.74 Å². The van der Waals surface area contributed by atoms with E-state index in [0.717, 1.165) is 18.7 Å². The van der Waals surface area contributed by atoms with Crippen molar-refractivity contribution in [2.75, 3.05) is 39.4 Å². The number of ether oxygens (including phenoxy) is 1. The maximum atomic E-state index is 12.8. The van der Waals surface area contributed by atoms with Gasteiger partial charge in [0.2, 0.25) is 10.0 Å². The highest BCUT2D eigenvalue weighted by atomic mass is 32.2. The number of benzene rings is 1. The van der Waals surface area contributed by atoms with Gasteiger partial charge in [0.25, 0.3) is 0 Å². The van der Waals surface area contributed by atoms with E-state index >= 15 is 0 Å². The fourth-order valence-corrected chi connectivity index (χ4v) is 4.89. The summed E-state index contributed by atoms with van der Waals surface area (Å²) in [7, 11) is -3.56. The van der Waals surface area contributed by atoms with Crippen LogP contribution in [0.2, 0.25) is 0 Å². The van der Waals surface area contributed by atoms with Crippen LogP contribution in [0.5, 0.6) is 0 Å². The fraction of sp³-hybridized carbons (Fsp3) is 0.600. The molecule has 0 radical (unpaired) electrons. The van der Waals surface area contributed by atoms with Gasteiger partial charge in [0.05, 0.1) is 30.3 Å². The number of aryl methyl sites for hydroxylation is 1. The van der Waals surface area contributed by atoms with E-state index in [1.807, 2.05) is 6.07 Å². The lowest BCUT2D eigenvalue weighted by Crippen LogP contribution is -2.49. The van der Waals surface area contributed by atoms with Crippen LogP contribution in [0.4, 0.5) is 0 Å². The molecule has 2 heterocycles. The number of aliphatic hydroxyl groups is 1. The minimum Gasteiger partial charge on any atom is -0.390 e. The molecule has 2 aliphatic rings. The standard InChI is InChI=1S/C15H22N2O4S/c1-12-4-2-3-5-15(12)22(19,20)17-10-13(14(18)11-17)16-6-8-21-9-7-16/h2-5,13-14,18H,6-11H2,1H3/t13-,14-/m1/s1. The zero-order valence-electron chi connectivity index (χ0n) is 12.7. The number of morpholine rings is 1. The van der Waals surface area contributed by atoms with Crippen LogP contribution in [0.3, 0.4) is 0 Å². The van der Waals surface area contributed by atoms with E-state index in [9.17, 15) is 13.5 Å². The Morgan fingerprint density at radius 3 is 2.55 bits per heavy atom. The number of β-amino-alcohol motifs (C(OH)–C–C–N with tert-alkyl or cyclic N) is 1. The van der Waals surface area contributed by atoms with E-state index < -0.39 is 16.1 Å². The molecule has 2 atom stereocenters. The van der Waals surface area contributed by atoms with Crippen molar-refractivity contribution in [3.8, 4) is 0 Å². The van der Waals surface area contributed by atoms with E-state index in [1.54, 1.807) is 25.1 Å². The summed E-state index contributed by atoms with van der Waals surface area (Å²) in [6.07, 6.45) is -0.656. The number of hydrogen-bond acceptors (Lipinski definition) is 5. The average molecular weight is 326 g/mol. The van der Waals surface area contributed by atoms with Gasteiger partial charge in [-0.1, -0.05) is 18.2 Å². The van der Waals surface area contributed by atoms with Crippen molar-refractivity contribution < 1.29 is 18.3 Å². The molecular weight excluding hydrogens is 304 g/mol. The SMILES string of the molecule is Cc1ccccc1S(=O)(=O)N1C[C@@H](O)[C@H](N2CCOCC2)C1. The summed E-state index contributed by atoms with van der Waals surface area (Å²) in [6, 6.07) is 6.82. The maximum Gasteiger partial charge on any atom is 0.243 e. The summed E-state index contributed by atoms with van der Waals surface area (Å²) in [5.41, 5.74) is 0.729. The van der Waals surface area contributed by atoms with Crippen LogP contribution in [-0.2, 0) is 14.8 Å². The molecule has 22 heavy (non-hydrogen) atoms. The van der Waals surface area contributed by atoms with Gasteiger partial charge in [-0.2, -0.15) is 4.31 Å². The third kappa shape index (κ3) is 2.91. The van der Waals surface area contributed by atoms with Gasteiger partial charge >= 0.3 is 0 Å². The number of sulfonamides is 1. The summed E-state index contributed by atoms with van der Waals surface area (Å²) in [6.45, 7) is 5.01. The lowest BCUT2D eigenvalue weighted by molar-refractivity contribution is -0.00602. The predicted molar refractivity (Wildman–Crippen MR) is 82.1 cm³/mol. The van der Waals surface area contributed by atoms with E-state index in [-0.39, 0.29) is 12.6 Å². The van der Waals surface area contributed by atoms with Gasteiger partial charge in [0, 0.05) is 26.2 Å². The van der Waals surface area contributed by atoms with Crippen LogP contribution < -0.4 is 0 Å². The smallest absolute Gasteiger partial charge is 0.243 e. The van der Waals surface area contributed by atoms with Crippen molar-refractivity contribution >= 4 is 10.0 Å². The summed E-state index contributed by atoms with van der Waals surface area (Å²) >= 11 is 0. The van der Waals surface area contributed by atoms with Gasteiger partial charge in [0.1, 0.15) is 0 Å². The number of hydrogen-bond donors (Lipinski definition) is 1. The van der Waals surface area contributed by atoms with Gasteiger partial charge in [-0.05, 0) is 18.6 Å². The Morgan fingerprint density at radius 2 is 1.86 bits per heavy atom. The molecule has 2 saturated heterocycles. The van der Waals surface area contributed by atoms with Gasteiger partial charge in [0.15, 0.2) is 0 Å². The van der Waals surface area contributed by atoms with Crippen molar-refractivity contribution in [3.63, 3.8) is 0 Å². The predicted octanol–water partition coefficient (Wildman–Crippen LogP) is 0.0610. The van der Waals surface area contributed by atoms with Crippen LogP contribution in [0.15, 0.2) is 29.2 Å². The first-order valence-electron chi connectivity index (χ1n) is 7.56. The normalized spacial score (nSPS) is 28.1. The minimum absolute atomic E-state index is 0.150. The molecule has 0 saturated carbocycles. The Labute approximate surface area is 131 Å². The minimum atomic E-state index is -3.56. The van der Waals surface area contributed by atoms with Gasteiger partial charge in [-0.3, -0.25) is 4.90 Å². The zero-order valence-corrected chi connectivity index (χ0v) is 13.5. The van der Waals surface area contributed by atoms with Crippen molar-refractivity contribution in [2.24, 2.45) is 0 Å². The third-order valence-corrected chi connectivity index (χ3v) is 6.44. The Hall–Kier alpha value is -0.990. The second kappa shape index (κ2) is 6.25. The molecule has 0 amide bonds. The largest absolute Gasteiger partial charge is 0.390 e. The molecule has 2 fully saturated rings. The lowest BCUT2D eigenvalue weighted by Gasteiger charge is -2.33. The molecule has 7 heteroatoms. The Bertz CT molecular complexity index is 628. The zero-order chi connectivity index (χ0) is 15.7. The summed E-state index contributed by atoms with van der Waals surface area (Å²) in [5.74, 6) is 0. The fourth-order valence-electron chi connectivity index (χ4n) is 3.18. The molecule has 3 rings (SSSR count). The monoisotopic (exact) mass is 326 g/mol. The summed E-state index contributed by atoms with van der Waals surface area (Å²) in [5, 5.41) is 10.3. The highest BCUT2D eigenvalue weighted by molar-refractivity contribution is 7.89. The van der Waals surface area contributed by atoms with Gasteiger partial charge in [-0.15, -0.1) is 0 Å². The first-order chi connectivity index (χ1) is 10.5. The lowest BCUT2D eigenvalue weighted by atomic mass is 10.2. The quantitative estimate of drug-likeness (QED) is 0.851. The summed E-state index contributed by atoms with van der Waals surface area (Å²) < 4.78 is 32.3. The van der Waals surface area contributed by atoms with Crippen LogP contribution in [0.1, 0.15) is 5.56 Å².